The summed E-state index contributed by atoms with van der Waals surface area (Å²) < 4.78 is 6.85. The molecule has 1 aliphatic rings. The van der Waals surface area contributed by atoms with Gasteiger partial charge in [-0.25, -0.2) is 0 Å². The summed E-state index contributed by atoms with van der Waals surface area (Å²) in [4.78, 5) is 31.1. The Morgan fingerprint density at radius 2 is 2.03 bits per heavy atom. The Morgan fingerprint density at radius 3 is 2.83 bits per heavy atom. The van der Waals surface area contributed by atoms with Crippen molar-refractivity contribution in [2.24, 2.45) is 0 Å². The van der Waals surface area contributed by atoms with Crippen LogP contribution in [-0.2, 0) is 19.6 Å². The molecule has 0 saturated heterocycles. The Bertz CT molecular complexity index is 1030. The first kappa shape index (κ1) is 18.7. The number of nitrogens with one attached hydrogen (secondary N) is 1. The normalized spacial score (nSPS) is 13.1. The lowest BCUT2D eigenvalue weighted by Crippen LogP contribution is -2.39. The molecule has 0 unspecified atom stereocenters. The van der Waals surface area contributed by atoms with Crippen molar-refractivity contribution in [1.29, 1.82) is 0 Å². The molecule has 29 heavy (non-hydrogen) atoms. The van der Waals surface area contributed by atoms with Gasteiger partial charge in [-0.2, -0.15) is 5.10 Å². The maximum absolute atomic E-state index is 12.9. The molecule has 4 rings (SSSR count). The highest BCUT2D eigenvalue weighted by Gasteiger charge is 2.28. The fourth-order valence-electron chi connectivity index (χ4n) is 3.27. The van der Waals surface area contributed by atoms with Crippen LogP contribution >= 0.6 is 0 Å². The van der Waals surface area contributed by atoms with E-state index in [-0.39, 0.29) is 17.5 Å². The maximum atomic E-state index is 12.9. The summed E-state index contributed by atoms with van der Waals surface area (Å²) >= 11 is 0. The molecule has 2 amide bonds. The van der Waals surface area contributed by atoms with Crippen molar-refractivity contribution in [3.05, 3.63) is 77.4 Å². The Morgan fingerprint density at radius 1 is 1.17 bits per heavy atom. The van der Waals surface area contributed by atoms with Gasteiger partial charge in [-0.05, 0) is 29.3 Å². The molecule has 0 aliphatic carbocycles. The number of carbonyl (C=O) groups is 2. The molecule has 1 aliphatic heterocycles. The van der Waals surface area contributed by atoms with Gasteiger partial charge in [-0.3, -0.25) is 19.3 Å². The molecule has 0 saturated carbocycles. The van der Waals surface area contributed by atoms with Crippen molar-refractivity contribution >= 4 is 11.8 Å². The van der Waals surface area contributed by atoms with E-state index < -0.39 is 0 Å². The first-order chi connectivity index (χ1) is 14.1. The first-order valence-electron chi connectivity index (χ1n) is 9.31. The van der Waals surface area contributed by atoms with Crippen LogP contribution < -0.4 is 10.1 Å². The van der Waals surface area contributed by atoms with E-state index in [1.54, 1.807) is 35.2 Å². The number of amides is 2. The van der Waals surface area contributed by atoms with Crippen molar-refractivity contribution in [2.45, 2.75) is 19.6 Å². The average molecular weight is 391 g/mol. The number of fused-ring (bicyclic) bond motifs is 1. The van der Waals surface area contributed by atoms with Crippen LogP contribution in [0.2, 0.25) is 0 Å². The van der Waals surface area contributed by atoms with E-state index in [0.29, 0.717) is 31.9 Å². The second-order valence-corrected chi connectivity index (χ2v) is 6.76. The van der Waals surface area contributed by atoms with Gasteiger partial charge in [0, 0.05) is 38.1 Å². The van der Waals surface area contributed by atoms with E-state index in [2.05, 4.69) is 15.4 Å². The van der Waals surface area contributed by atoms with Crippen molar-refractivity contribution < 1.29 is 14.3 Å². The van der Waals surface area contributed by atoms with E-state index in [1.807, 2.05) is 36.4 Å². The summed E-state index contributed by atoms with van der Waals surface area (Å²) in [6, 6.07) is 12.9. The number of rotatable bonds is 6. The zero-order chi connectivity index (χ0) is 20.2. The van der Waals surface area contributed by atoms with Crippen molar-refractivity contribution in [3.63, 3.8) is 0 Å². The van der Waals surface area contributed by atoms with Crippen LogP contribution in [0.25, 0.3) is 0 Å². The molecular weight excluding hydrogens is 370 g/mol. The second-order valence-electron chi connectivity index (χ2n) is 6.76. The molecule has 1 aromatic carbocycles. The van der Waals surface area contributed by atoms with Gasteiger partial charge in [0.1, 0.15) is 11.4 Å². The molecule has 1 N–H and O–H groups in total. The minimum absolute atomic E-state index is 0.141. The highest BCUT2D eigenvalue weighted by atomic mass is 16.5. The second kappa shape index (κ2) is 8.14. The van der Waals surface area contributed by atoms with Crippen LogP contribution in [0.1, 0.15) is 32.1 Å². The Labute approximate surface area is 168 Å². The Hall–Kier alpha value is -3.68. The van der Waals surface area contributed by atoms with E-state index in [0.717, 1.165) is 16.9 Å². The average Bonchev–Trinajstić information content (AvgIpc) is 3.20. The molecule has 0 fully saturated rings. The zero-order valence-electron chi connectivity index (χ0n) is 16.0. The van der Waals surface area contributed by atoms with E-state index in [4.69, 9.17) is 4.74 Å². The molecule has 0 atom stereocenters. The van der Waals surface area contributed by atoms with E-state index >= 15 is 0 Å². The van der Waals surface area contributed by atoms with Crippen LogP contribution in [-0.4, -0.2) is 45.1 Å². The number of pyridine rings is 1. The molecule has 2 aromatic heterocycles. The molecular formula is C21H21N5O3. The molecule has 3 aromatic rings. The van der Waals surface area contributed by atoms with Crippen LogP contribution in [0, 0.1) is 0 Å². The van der Waals surface area contributed by atoms with Gasteiger partial charge in [0.05, 0.1) is 13.7 Å². The van der Waals surface area contributed by atoms with Gasteiger partial charge in [0.25, 0.3) is 11.8 Å². The molecule has 0 bridgehead atoms. The van der Waals surface area contributed by atoms with Crippen molar-refractivity contribution in [1.82, 2.24) is 25.0 Å². The number of ether oxygens (including phenoxy) is 1. The quantitative estimate of drug-likeness (QED) is 0.693. The molecule has 0 spiro atoms. The topological polar surface area (TPSA) is 89.3 Å². The molecule has 0 radical (unpaired) electrons. The van der Waals surface area contributed by atoms with Gasteiger partial charge < -0.3 is 15.0 Å². The van der Waals surface area contributed by atoms with Crippen LogP contribution in [0.5, 0.6) is 5.75 Å². The summed E-state index contributed by atoms with van der Waals surface area (Å²) in [6.07, 6.45) is 3.37. The number of hydrogen-bond donors (Lipinski definition) is 1. The predicted molar refractivity (Wildman–Crippen MR) is 105 cm³/mol. The lowest BCUT2D eigenvalue weighted by Gasteiger charge is -2.27. The van der Waals surface area contributed by atoms with Crippen LogP contribution in [0.3, 0.4) is 0 Å². The lowest BCUT2D eigenvalue weighted by molar-refractivity contribution is 0.0683. The minimum atomic E-state index is -0.317. The van der Waals surface area contributed by atoms with Crippen LogP contribution in [0.15, 0.2) is 54.9 Å². The predicted octanol–water partition coefficient (Wildman–Crippen LogP) is 1.87. The number of aromatic nitrogens is 3. The van der Waals surface area contributed by atoms with Crippen LogP contribution in [0.4, 0.5) is 0 Å². The van der Waals surface area contributed by atoms with Gasteiger partial charge in [-0.15, -0.1) is 0 Å². The smallest absolute Gasteiger partial charge is 0.272 e. The summed E-state index contributed by atoms with van der Waals surface area (Å²) in [6.45, 7) is 1.90. The summed E-state index contributed by atoms with van der Waals surface area (Å²) in [5.74, 6) is 0.297. The lowest BCUT2D eigenvalue weighted by atomic mass is 10.1. The largest absolute Gasteiger partial charge is 0.497 e. The number of carbonyl (C=O) groups excluding carboxylic acids is 2. The third-order valence-electron chi connectivity index (χ3n) is 4.78. The Kier molecular flexibility index (Phi) is 5.24. The van der Waals surface area contributed by atoms with Crippen molar-refractivity contribution in [2.75, 3.05) is 13.7 Å². The third-order valence-corrected chi connectivity index (χ3v) is 4.78. The molecule has 8 heteroatoms. The highest BCUT2D eigenvalue weighted by Crippen LogP contribution is 2.19. The molecule has 148 valence electrons. The number of nitrogens with zero attached hydrogens (tertiary/aromatic N) is 4. The van der Waals surface area contributed by atoms with Gasteiger partial charge in [0.2, 0.25) is 0 Å². The fraction of sp³-hybridized carbons (Fsp3) is 0.238. The highest BCUT2D eigenvalue weighted by molar-refractivity contribution is 5.98. The van der Waals surface area contributed by atoms with E-state index in [9.17, 15) is 9.59 Å². The molecule has 3 heterocycles. The van der Waals surface area contributed by atoms with E-state index in [1.165, 1.54) is 0 Å². The third kappa shape index (κ3) is 4.11. The summed E-state index contributed by atoms with van der Waals surface area (Å²) in [7, 11) is 1.62. The van der Waals surface area contributed by atoms with Crippen molar-refractivity contribution in [3.8, 4) is 5.75 Å². The standard InChI is InChI=1S/C21H21N5O3/c1-29-17-6-2-4-15(10-17)14-25-8-9-26-19(21(25)28)11-18(24-26)20(27)23-13-16-5-3-7-22-12-16/h2-7,10-12H,8-9,13-14H2,1H3,(H,23,27). The SMILES string of the molecule is COc1cccc(CN2CCn3nc(C(=O)NCc4cccnc4)cc3C2=O)c1. The number of benzene rings is 1. The number of hydrogen-bond acceptors (Lipinski definition) is 5. The molecule has 8 nitrogen and oxygen atoms in total. The maximum Gasteiger partial charge on any atom is 0.272 e. The first-order valence-corrected chi connectivity index (χ1v) is 9.31. The van der Waals surface area contributed by atoms with Gasteiger partial charge >= 0.3 is 0 Å². The minimum Gasteiger partial charge on any atom is -0.497 e. The Balaban J connectivity index is 1.44. The van der Waals surface area contributed by atoms with Gasteiger partial charge in [-0.1, -0.05) is 18.2 Å². The fourth-order valence-corrected chi connectivity index (χ4v) is 3.27. The zero-order valence-corrected chi connectivity index (χ0v) is 16.0. The summed E-state index contributed by atoms with van der Waals surface area (Å²) in [5, 5.41) is 7.11. The monoisotopic (exact) mass is 391 g/mol. The summed E-state index contributed by atoms with van der Waals surface area (Å²) in [5.41, 5.74) is 2.54. The number of methoxy groups -OCH3 is 1. The van der Waals surface area contributed by atoms with Gasteiger partial charge in [0.15, 0.2) is 5.69 Å².